The van der Waals surface area contributed by atoms with Crippen LogP contribution in [0.2, 0.25) is 0 Å². The molecule has 0 bridgehead atoms. The van der Waals surface area contributed by atoms with Crippen LogP contribution in [0.15, 0.2) is 78.9 Å². The third kappa shape index (κ3) is 2.05. The molecule has 0 radical (unpaired) electrons. The molecule has 2 heteroatoms. The van der Waals surface area contributed by atoms with Crippen molar-refractivity contribution >= 4 is 27.2 Å². The summed E-state index contributed by atoms with van der Waals surface area (Å²) in [6, 6.07) is 27.9. The molecule has 0 atom stereocenters. The van der Waals surface area contributed by atoms with Gasteiger partial charge in [0.2, 0.25) is 0 Å². The zero-order chi connectivity index (χ0) is 17.7. The molecule has 126 valence electrons. The first-order valence-electron chi connectivity index (χ1n) is 8.84. The van der Waals surface area contributed by atoms with E-state index in [0.29, 0.717) is 0 Å². The summed E-state index contributed by atoms with van der Waals surface area (Å²) in [5.41, 5.74) is 6.24. The number of fused-ring (bicyclic) bond motifs is 5. The maximum absolute atomic E-state index is 5.33. The molecule has 0 unspecified atom stereocenters. The van der Waals surface area contributed by atoms with Crippen LogP contribution < -0.4 is 4.74 Å². The van der Waals surface area contributed by atoms with Crippen LogP contribution in [0.4, 0.5) is 0 Å². The highest BCUT2D eigenvalue weighted by Crippen LogP contribution is 2.36. The van der Waals surface area contributed by atoms with Crippen LogP contribution in [0.25, 0.3) is 38.4 Å². The second kappa shape index (κ2) is 5.63. The lowest BCUT2D eigenvalue weighted by molar-refractivity contribution is 0.415. The van der Waals surface area contributed by atoms with Gasteiger partial charge in [-0.05, 0) is 59.8 Å². The minimum absolute atomic E-state index is 0.874. The van der Waals surface area contributed by atoms with Crippen molar-refractivity contribution in [2.24, 2.45) is 0 Å². The van der Waals surface area contributed by atoms with Crippen molar-refractivity contribution < 1.29 is 4.74 Å². The van der Waals surface area contributed by atoms with E-state index in [1.54, 1.807) is 7.11 Å². The van der Waals surface area contributed by atoms with E-state index in [1.807, 2.05) is 12.1 Å². The molecule has 0 aliphatic rings. The van der Waals surface area contributed by atoms with Crippen molar-refractivity contribution in [1.29, 1.82) is 0 Å². The van der Waals surface area contributed by atoms with E-state index in [2.05, 4.69) is 78.1 Å². The molecule has 0 saturated heterocycles. The number of hydrogen-bond acceptors (Lipinski definition) is 1. The van der Waals surface area contributed by atoms with Crippen LogP contribution in [0, 0.1) is 6.92 Å². The van der Waals surface area contributed by atoms with Gasteiger partial charge in [0.25, 0.3) is 0 Å². The smallest absolute Gasteiger partial charge is 0.118 e. The maximum Gasteiger partial charge on any atom is 0.118 e. The second-order valence-electron chi connectivity index (χ2n) is 6.67. The Morgan fingerprint density at radius 2 is 1.46 bits per heavy atom. The molecule has 2 heterocycles. The highest BCUT2D eigenvalue weighted by molar-refractivity contribution is 6.07. The molecule has 0 saturated carbocycles. The number of para-hydroxylation sites is 1. The molecule has 3 aromatic carbocycles. The van der Waals surface area contributed by atoms with Crippen LogP contribution in [0.3, 0.4) is 0 Å². The lowest BCUT2D eigenvalue weighted by Gasteiger charge is -2.12. The van der Waals surface area contributed by atoms with Crippen molar-refractivity contribution in [1.82, 2.24) is 4.40 Å². The number of benzene rings is 3. The first kappa shape index (κ1) is 15.0. The van der Waals surface area contributed by atoms with Gasteiger partial charge in [-0.3, -0.25) is 0 Å². The van der Waals surface area contributed by atoms with Gasteiger partial charge in [0.15, 0.2) is 0 Å². The summed E-state index contributed by atoms with van der Waals surface area (Å²) in [4.78, 5) is 0. The average Bonchev–Trinajstić information content (AvgIpc) is 3.01. The van der Waals surface area contributed by atoms with E-state index >= 15 is 0 Å². The van der Waals surface area contributed by atoms with E-state index in [0.717, 1.165) is 5.75 Å². The van der Waals surface area contributed by atoms with Crippen LogP contribution in [-0.4, -0.2) is 11.5 Å². The molecule has 2 nitrogen and oxygen atoms in total. The molecule has 0 N–H and O–H groups in total. The molecule has 0 amide bonds. The summed E-state index contributed by atoms with van der Waals surface area (Å²) in [6.07, 6.45) is 0. The molecular formula is C24H19NO. The third-order valence-electron chi connectivity index (χ3n) is 5.26. The average molecular weight is 337 g/mol. The predicted octanol–water partition coefficient (Wildman–Crippen LogP) is 6.23. The first-order chi connectivity index (χ1) is 12.8. The molecular weight excluding hydrogens is 318 g/mol. The molecule has 2 aromatic heterocycles. The van der Waals surface area contributed by atoms with Gasteiger partial charge in [-0.2, -0.15) is 0 Å². The van der Waals surface area contributed by atoms with Crippen LogP contribution >= 0.6 is 0 Å². The SMILES string of the molecule is COc1ccc(-c2cc3ccccc3c3c(C)c4ccccc4n23)cc1. The Bertz CT molecular complexity index is 1260. The van der Waals surface area contributed by atoms with Crippen molar-refractivity contribution in [2.45, 2.75) is 6.92 Å². The molecule has 0 aliphatic carbocycles. The number of nitrogens with zero attached hydrogens (tertiary/aromatic N) is 1. The Morgan fingerprint density at radius 1 is 0.769 bits per heavy atom. The van der Waals surface area contributed by atoms with Gasteiger partial charge in [-0.1, -0.05) is 42.5 Å². The molecule has 26 heavy (non-hydrogen) atoms. The molecule has 0 aliphatic heterocycles. The minimum atomic E-state index is 0.874. The van der Waals surface area contributed by atoms with E-state index in [-0.39, 0.29) is 0 Å². The van der Waals surface area contributed by atoms with Crippen LogP contribution in [0.5, 0.6) is 5.75 Å². The Morgan fingerprint density at radius 3 is 2.23 bits per heavy atom. The van der Waals surface area contributed by atoms with E-state index in [1.165, 1.54) is 44.0 Å². The van der Waals surface area contributed by atoms with Crippen molar-refractivity contribution in [3.8, 4) is 17.0 Å². The van der Waals surface area contributed by atoms with Gasteiger partial charge >= 0.3 is 0 Å². The zero-order valence-corrected chi connectivity index (χ0v) is 14.9. The largest absolute Gasteiger partial charge is 0.497 e. The highest BCUT2D eigenvalue weighted by atomic mass is 16.5. The topological polar surface area (TPSA) is 13.6 Å². The van der Waals surface area contributed by atoms with Gasteiger partial charge in [0, 0.05) is 10.8 Å². The van der Waals surface area contributed by atoms with Crippen molar-refractivity contribution in [3.63, 3.8) is 0 Å². The minimum Gasteiger partial charge on any atom is -0.497 e. The highest BCUT2D eigenvalue weighted by Gasteiger charge is 2.15. The predicted molar refractivity (Wildman–Crippen MR) is 109 cm³/mol. The number of methoxy groups -OCH3 is 1. The molecule has 0 spiro atoms. The molecule has 5 rings (SSSR count). The Kier molecular flexibility index (Phi) is 3.26. The van der Waals surface area contributed by atoms with Crippen molar-refractivity contribution in [3.05, 3.63) is 84.4 Å². The fraction of sp³-hybridized carbons (Fsp3) is 0.0833. The number of ether oxygens (including phenoxy) is 1. The number of aryl methyl sites for hydroxylation is 1. The lowest BCUT2D eigenvalue weighted by atomic mass is 10.0. The maximum atomic E-state index is 5.33. The Balaban J connectivity index is 1.99. The summed E-state index contributed by atoms with van der Waals surface area (Å²) in [5.74, 6) is 0.874. The third-order valence-corrected chi connectivity index (χ3v) is 5.26. The normalized spacial score (nSPS) is 11.5. The van der Waals surface area contributed by atoms with Gasteiger partial charge in [-0.25, -0.2) is 0 Å². The second-order valence-corrected chi connectivity index (χ2v) is 6.67. The standard InChI is InChI=1S/C24H19NO/c1-16-20-8-5-6-10-22(20)25-23(17-11-13-19(26-2)14-12-17)15-18-7-3-4-9-21(18)24(16)25/h3-15H,1-2H3. The number of pyridine rings is 1. The Labute approximate surface area is 152 Å². The summed E-state index contributed by atoms with van der Waals surface area (Å²) < 4.78 is 7.73. The molecule has 0 fully saturated rings. The lowest BCUT2D eigenvalue weighted by Crippen LogP contribution is -1.94. The number of hydrogen-bond donors (Lipinski definition) is 0. The number of rotatable bonds is 2. The zero-order valence-electron chi connectivity index (χ0n) is 14.9. The summed E-state index contributed by atoms with van der Waals surface area (Å²) in [7, 11) is 1.70. The fourth-order valence-electron chi connectivity index (χ4n) is 4.00. The van der Waals surface area contributed by atoms with E-state index in [4.69, 9.17) is 4.74 Å². The van der Waals surface area contributed by atoms with Gasteiger partial charge in [0.05, 0.1) is 23.8 Å². The van der Waals surface area contributed by atoms with E-state index in [9.17, 15) is 0 Å². The summed E-state index contributed by atoms with van der Waals surface area (Å²) in [6.45, 7) is 2.22. The quantitative estimate of drug-likeness (QED) is 0.372. The Hall–Kier alpha value is -3.26. The number of aromatic nitrogens is 1. The first-order valence-corrected chi connectivity index (χ1v) is 8.84. The van der Waals surface area contributed by atoms with Gasteiger partial charge < -0.3 is 9.14 Å². The van der Waals surface area contributed by atoms with Crippen molar-refractivity contribution in [2.75, 3.05) is 7.11 Å². The van der Waals surface area contributed by atoms with E-state index < -0.39 is 0 Å². The summed E-state index contributed by atoms with van der Waals surface area (Å²) in [5, 5.41) is 3.86. The van der Waals surface area contributed by atoms with Crippen LogP contribution in [0.1, 0.15) is 5.56 Å². The van der Waals surface area contributed by atoms with Crippen LogP contribution in [-0.2, 0) is 0 Å². The van der Waals surface area contributed by atoms with Gasteiger partial charge in [-0.15, -0.1) is 0 Å². The molecule has 5 aromatic rings. The van der Waals surface area contributed by atoms with Gasteiger partial charge in [0.1, 0.15) is 5.75 Å². The monoisotopic (exact) mass is 337 g/mol. The summed E-state index contributed by atoms with van der Waals surface area (Å²) >= 11 is 0. The fourth-order valence-corrected chi connectivity index (χ4v) is 4.00.